The molecule has 0 bridgehead atoms. The van der Waals surface area contributed by atoms with E-state index < -0.39 is 0 Å². The number of aliphatic hydroxyl groups is 1. The molecule has 0 amide bonds. The molecule has 1 atom stereocenters. The van der Waals surface area contributed by atoms with Crippen LogP contribution in [0.3, 0.4) is 0 Å². The van der Waals surface area contributed by atoms with Gasteiger partial charge in [-0.3, -0.25) is 0 Å². The topological polar surface area (TPSA) is 38.7 Å². The van der Waals surface area contributed by atoms with E-state index in [1.54, 1.807) is 26.4 Å². The van der Waals surface area contributed by atoms with Crippen molar-refractivity contribution < 1.29 is 14.6 Å². The van der Waals surface area contributed by atoms with Crippen LogP contribution in [0.2, 0.25) is 0 Å². The fourth-order valence-corrected chi connectivity index (χ4v) is 1.46. The van der Waals surface area contributed by atoms with Gasteiger partial charge in [-0.05, 0) is 38.5 Å². The number of allylic oxidation sites excluding steroid dienone is 5. The van der Waals surface area contributed by atoms with Crippen molar-refractivity contribution in [3.05, 3.63) is 75.4 Å². The van der Waals surface area contributed by atoms with Crippen molar-refractivity contribution in [2.45, 2.75) is 59.5 Å². The number of rotatable bonds is 13. The summed E-state index contributed by atoms with van der Waals surface area (Å²) in [4.78, 5) is 0. The smallest absolute Gasteiger partial charge is 0.0749 e. The van der Waals surface area contributed by atoms with E-state index in [-0.39, 0.29) is 29.4 Å². The number of aliphatic hydroxyl groups excluding tert-OH is 1. The maximum absolute atomic E-state index is 7.00. The standard InChI is InChI=1S/2C9H16O.C4H6.CH4O.2CH4.B/c1-4-6-7-8-9(5-2)10-3;1-3-4-5-6-7-8-9-10-2;1-3-4-2;1-2;;;/h4-5,9H,1-2,6-8H2,3H3;3,7-8H,1,4-6,9H2,2H3;3-4H,1-2H2;2H,1H3;2*1H4;. The van der Waals surface area contributed by atoms with Crippen molar-refractivity contribution in [2.24, 2.45) is 0 Å². The molecule has 0 aromatic rings. The summed E-state index contributed by atoms with van der Waals surface area (Å²) < 4.78 is 9.94. The van der Waals surface area contributed by atoms with Crippen molar-refractivity contribution >= 4 is 8.41 Å². The molecular formula is C25H50BO3. The molecule has 0 saturated carbocycles. The highest BCUT2D eigenvalue weighted by Crippen LogP contribution is 2.04. The second kappa shape index (κ2) is 56.3. The van der Waals surface area contributed by atoms with Crippen LogP contribution in [0.25, 0.3) is 0 Å². The van der Waals surface area contributed by atoms with Crippen LogP contribution in [0.1, 0.15) is 53.4 Å². The fourth-order valence-electron chi connectivity index (χ4n) is 1.46. The Morgan fingerprint density at radius 1 is 0.793 bits per heavy atom. The Morgan fingerprint density at radius 2 is 1.28 bits per heavy atom. The summed E-state index contributed by atoms with van der Waals surface area (Å²) in [6.45, 7) is 18.4. The van der Waals surface area contributed by atoms with Crippen molar-refractivity contribution in [3.63, 3.8) is 0 Å². The van der Waals surface area contributed by atoms with Crippen molar-refractivity contribution in [3.8, 4) is 0 Å². The SMILES string of the molecule is C.C.C=CC=C.C=CCCCC(C=C)OC.C=CCCCC=CCOC.CO.[B]. The van der Waals surface area contributed by atoms with E-state index in [0.29, 0.717) is 0 Å². The minimum atomic E-state index is 0. The van der Waals surface area contributed by atoms with Gasteiger partial charge in [-0.25, -0.2) is 0 Å². The summed E-state index contributed by atoms with van der Waals surface area (Å²) in [7, 11) is 4.41. The highest BCUT2D eigenvalue weighted by Gasteiger charge is 1.98. The maximum atomic E-state index is 7.00. The maximum Gasteiger partial charge on any atom is 0.0749 e. The molecule has 0 aromatic carbocycles. The molecule has 1 unspecified atom stereocenters. The first kappa shape index (κ1) is 45.9. The molecule has 0 saturated heterocycles. The van der Waals surface area contributed by atoms with Gasteiger partial charge in [0.05, 0.1) is 12.7 Å². The van der Waals surface area contributed by atoms with E-state index >= 15 is 0 Å². The van der Waals surface area contributed by atoms with E-state index in [2.05, 4.69) is 39.0 Å². The summed E-state index contributed by atoms with van der Waals surface area (Å²) >= 11 is 0. The molecule has 29 heavy (non-hydrogen) atoms. The summed E-state index contributed by atoms with van der Waals surface area (Å²) in [5.41, 5.74) is 0. The molecule has 0 heterocycles. The molecule has 0 aromatic heterocycles. The van der Waals surface area contributed by atoms with Gasteiger partial charge >= 0.3 is 0 Å². The largest absolute Gasteiger partial charge is 0.400 e. The molecule has 0 spiro atoms. The Bertz CT molecular complexity index is 320. The predicted octanol–water partition coefficient (Wildman–Crippen LogP) is 6.95. The summed E-state index contributed by atoms with van der Waals surface area (Å²) in [5, 5.41) is 7.00. The zero-order valence-electron chi connectivity index (χ0n) is 17.9. The molecule has 3 radical (unpaired) electrons. The van der Waals surface area contributed by atoms with Gasteiger partial charge in [-0.2, -0.15) is 0 Å². The Hall–Kier alpha value is -1.62. The zero-order valence-corrected chi connectivity index (χ0v) is 17.9. The van der Waals surface area contributed by atoms with E-state index in [9.17, 15) is 0 Å². The summed E-state index contributed by atoms with van der Waals surface area (Å²) in [5.74, 6) is 0. The lowest BCUT2D eigenvalue weighted by atomic mass is 10.1. The Kier molecular flexibility index (Phi) is 89.0. The highest BCUT2D eigenvalue weighted by atomic mass is 16.5. The number of unbranched alkanes of at least 4 members (excludes halogenated alkanes) is 3. The Labute approximate surface area is 186 Å². The van der Waals surface area contributed by atoms with Gasteiger partial charge in [0.15, 0.2) is 0 Å². The Balaban J connectivity index is -0.0000000486. The van der Waals surface area contributed by atoms with E-state index in [1.807, 2.05) is 24.3 Å². The average Bonchev–Trinajstić information content (AvgIpc) is 2.70. The van der Waals surface area contributed by atoms with Crippen molar-refractivity contribution in [1.29, 1.82) is 0 Å². The fraction of sp³-hybridized carbons (Fsp3) is 0.520. The molecule has 0 fully saturated rings. The van der Waals surface area contributed by atoms with Crippen LogP contribution in [0.5, 0.6) is 0 Å². The van der Waals surface area contributed by atoms with Gasteiger partial charge < -0.3 is 14.6 Å². The van der Waals surface area contributed by atoms with Crippen LogP contribution in [-0.4, -0.2) is 47.6 Å². The second-order valence-electron chi connectivity index (χ2n) is 4.85. The summed E-state index contributed by atoms with van der Waals surface area (Å²) in [6.07, 6.45) is 20.1. The second-order valence-corrected chi connectivity index (χ2v) is 4.85. The van der Waals surface area contributed by atoms with Crippen LogP contribution >= 0.6 is 0 Å². The zero-order chi connectivity index (χ0) is 20.9. The van der Waals surface area contributed by atoms with Gasteiger partial charge in [-0.15, -0.1) is 19.7 Å². The lowest BCUT2D eigenvalue weighted by Crippen LogP contribution is -2.05. The Morgan fingerprint density at radius 3 is 1.62 bits per heavy atom. The average molecular weight is 409 g/mol. The molecular weight excluding hydrogens is 359 g/mol. The number of methoxy groups -OCH3 is 2. The number of hydrogen-bond donors (Lipinski definition) is 1. The molecule has 0 aliphatic carbocycles. The number of hydrogen-bond acceptors (Lipinski definition) is 3. The molecule has 171 valence electrons. The first-order valence-corrected chi connectivity index (χ1v) is 8.87. The lowest BCUT2D eigenvalue weighted by molar-refractivity contribution is 0.132. The quantitative estimate of drug-likeness (QED) is 0.155. The summed E-state index contributed by atoms with van der Waals surface area (Å²) in [6, 6.07) is 0. The lowest BCUT2D eigenvalue weighted by Gasteiger charge is -2.07. The third-order valence-corrected chi connectivity index (χ3v) is 2.84. The van der Waals surface area contributed by atoms with E-state index in [0.717, 1.165) is 45.8 Å². The van der Waals surface area contributed by atoms with E-state index in [4.69, 9.17) is 14.6 Å². The molecule has 0 aliphatic heterocycles. The van der Waals surface area contributed by atoms with E-state index in [1.165, 1.54) is 6.42 Å². The first-order chi connectivity index (χ1) is 12.7. The van der Waals surface area contributed by atoms with Gasteiger partial charge in [0.25, 0.3) is 0 Å². The first-order valence-electron chi connectivity index (χ1n) is 8.87. The molecule has 0 aliphatic rings. The molecule has 0 rings (SSSR count). The molecule has 4 heteroatoms. The monoisotopic (exact) mass is 409 g/mol. The van der Waals surface area contributed by atoms with Crippen LogP contribution < -0.4 is 0 Å². The number of ether oxygens (including phenoxy) is 2. The third-order valence-electron chi connectivity index (χ3n) is 2.84. The highest BCUT2D eigenvalue weighted by molar-refractivity contribution is 5.75. The van der Waals surface area contributed by atoms with Crippen LogP contribution in [-0.2, 0) is 9.47 Å². The van der Waals surface area contributed by atoms with Crippen LogP contribution in [0, 0.1) is 0 Å². The molecule has 1 N–H and O–H groups in total. The van der Waals surface area contributed by atoms with Crippen molar-refractivity contribution in [1.82, 2.24) is 0 Å². The normalized spacial score (nSPS) is 8.83. The van der Waals surface area contributed by atoms with Gasteiger partial charge in [0, 0.05) is 29.7 Å². The van der Waals surface area contributed by atoms with Gasteiger partial charge in [-0.1, -0.05) is 70.5 Å². The minimum Gasteiger partial charge on any atom is -0.400 e. The van der Waals surface area contributed by atoms with Crippen molar-refractivity contribution in [2.75, 3.05) is 27.9 Å². The van der Waals surface area contributed by atoms with Gasteiger partial charge in [0.2, 0.25) is 0 Å². The third kappa shape index (κ3) is 66.3. The predicted molar refractivity (Wildman–Crippen MR) is 138 cm³/mol. The van der Waals surface area contributed by atoms with Gasteiger partial charge in [0.1, 0.15) is 0 Å². The van der Waals surface area contributed by atoms with Crippen LogP contribution in [0.4, 0.5) is 0 Å². The van der Waals surface area contributed by atoms with Crippen LogP contribution in [0.15, 0.2) is 75.4 Å². The molecule has 3 nitrogen and oxygen atoms in total. The minimum absolute atomic E-state index is 0.